The highest BCUT2D eigenvalue weighted by Crippen LogP contribution is 2.29. The van der Waals surface area contributed by atoms with Crippen molar-refractivity contribution in [3.05, 3.63) is 63.1 Å². The molecule has 0 radical (unpaired) electrons. The molecule has 1 atom stereocenters. The number of nitrogens with one attached hydrogen (secondary N) is 1. The molecule has 0 unspecified atom stereocenters. The number of aryl methyl sites for hydroxylation is 2. The topological polar surface area (TPSA) is 86.8 Å². The normalized spacial score (nSPS) is 14.9. The number of amides is 2. The van der Waals surface area contributed by atoms with Gasteiger partial charge in [0.25, 0.3) is 0 Å². The Morgan fingerprint density at radius 2 is 1.70 bits per heavy atom. The van der Waals surface area contributed by atoms with Gasteiger partial charge in [-0.2, -0.15) is 0 Å². The lowest BCUT2D eigenvalue weighted by Gasteiger charge is -2.34. The van der Waals surface area contributed by atoms with Crippen molar-refractivity contribution in [2.24, 2.45) is 0 Å². The summed E-state index contributed by atoms with van der Waals surface area (Å²) in [5, 5.41) is 3.81. The number of sulfonamides is 1. The monoisotopic (exact) mass is 567 g/mol. The fourth-order valence-corrected chi connectivity index (χ4v) is 6.14. The Balaban J connectivity index is 2.00. The molecule has 1 saturated carbocycles. The van der Waals surface area contributed by atoms with E-state index in [1.165, 1.54) is 4.90 Å². The van der Waals surface area contributed by atoms with Gasteiger partial charge in [0.05, 0.1) is 11.9 Å². The fraction of sp³-hybridized carbons (Fsp3) is 0.481. The summed E-state index contributed by atoms with van der Waals surface area (Å²) >= 11 is 12.9. The molecule has 2 aromatic carbocycles. The van der Waals surface area contributed by atoms with Crippen molar-refractivity contribution in [2.75, 3.05) is 17.1 Å². The molecule has 2 amide bonds. The number of hydrogen-bond acceptors (Lipinski definition) is 4. The quantitative estimate of drug-likeness (QED) is 0.425. The molecule has 1 N–H and O–H groups in total. The maximum absolute atomic E-state index is 13.9. The van der Waals surface area contributed by atoms with Gasteiger partial charge >= 0.3 is 0 Å². The second kappa shape index (κ2) is 12.5. The van der Waals surface area contributed by atoms with E-state index in [4.69, 9.17) is 23.2 Å². The highest BCUT2D eigenvalue weighted by molar-refractivity contribution is 7.92. The number of anilines is 1. The molecule has 0 bridgehead atoms. The van der Waals surface area contributed by atoms with Gasteiger partial charge in [0.15, 0.2) is 0 Å². The van der Waals surface area contributed by atoms with Crippen molar-refractivity contribution >= 4 is 50.7 Å². The minimum atomic E-state index is -3.81. The van der Waals surface area contributed by atoms with Crippen LogP contribution in [0.2, 0.25) is 10.0 Å². The molecule has 0 aromatic heterocycles. The summed E-state index contributed by atoms with van der Waals surface area (Å²) in [6.45, 7) is 4.99. The molecule has 1 fully saturated rings. The van der Waals surface area contributed by atoms with Gasteiger partial charge in [-0.05, 0) is 62.4 Å². The first-order valence-electron chi connectivity index (χ1n) is 12.5. The largest absolute Gasteiger partial charge is 0.352 e. The van der Waals surface area contributed by atoms with Crippen LogP contribution < -0.4 is 9.62 Å². The van der Waals surface area contributed by atoms with E-state index < -0.39 is 28.5 Å². The van der Waals surface area contributed by atoms with E-state index in [9.17, 15) is 18.0 Å². The van der Waals surface area contributed by atoms with E-state index >= 15 is 0 Å². The summed E-state index contributed by atoms with van der Waals surface area (Å²) in [5.74, 6) is -0.778. The van der Waals surface area contributed by atoms with Crippen molar-refractivity contribution < 1.29 is 18.0 Å². The molecule has 0 saturated heterocycles. The van der Waals surface area contributed by atoms with Crippen LogP contribution in [-0.4, -0.2) is 50.0 Å². The van der Waals surface area contributed by atoms with Crippen LogP contribution >= 0.6 is 23.2 Å². The molecular formula is C27H35Cl2N3O4S. The Bertz CT molecular complexity index is 1230. The predicted molar refractivity (Wildman–Crippen MR) is 150 cm³/mol. The highest BCUT2D eigenvalue weighted by Gasteiger charge is 2.34. The summed E-state index contributed by atoms with van der Waals surface area (Å²) in [6, 6.07) is 9.74. The number of nitrogens with zero attached hydrogens (tertiary/aromatic N) is 2. The van der Waals surface area contributed by atoms with Crippen LogP contribution in [0, 0.1) is 13.8 Å². The number of carbonyl (C=O) groups excluding carboxylic acids is 2. The van der Waals surface area contributed by atoms with Crippen molar-refractivity contribution in [3.63, 3.8) is 0 Å². The van der Waals surface area contributed by atoms with Gasteiger partial charge < -0.3 is 10.2 Å². The lowest BCUT2D eigenvalue weighted by molar-refractivity contribution is -0.140. The standard InChI is InChI=1S/C27H35Cl2N3O4S/c1-5-24(27(34)30-20-9-6-7-10-20)31(16-21-22(28)11-8-12-23(21)29)26(33)17-32(37(4,35)36)25-15-18(2)13-14-19(25)3/h8,11-15,20,24H,5-7,9-10,16-17H2,1-4H3,(H,30,34)/t24-/m0/s1. The molecule has 1 aliphatic carbocycles. The zero-order valence-corrected chi connectivity index (χ0v) is 24.1. The predicted octanol–water partition coefficient (Wildman–Crippen LogP) is 5.24. The van der Waals surface area contributed by atoms with Crippen LogP contribution in [0.15, 0.2) is 36.4 Å². The molecule has 3 rings (SSSR count). The second-order valence-electron chi connectivity index (χ2n) is 9.70. The molecule has 1 aliphatic rings. The van der Waals surface area contributed by atoms with Gasteiger partial charge in [-0.15, -0.1) is 0 Å². The summed E-state index contributed by atoms with van der Waals surface area (Å²) < 4.78 is 26.8. The molecule has 7 nitrogen and oxygen atoms in total. The zero-order chi connectivity index (χ0) is 27.3. The van der Waals surface area contributed by atoms with Crippen molar-refractivity contribution in [2.45, 2.75) is 71.5 Å². The Morgan fingerprint density at radius 1 is 1.08 bits per heavy atom. The second-order valence-corrected chi connectivity index (χ2v) is 12.4. The van der Waals surface area contributed by atoms with Crippen LogP contribution in [0.25, 0.3) is 0 Å². The lowest BCUT2D eigenvalue weighted by atomic mass is 10.1. The summed E-state index contributed by atoms with van der Waals surface area (Å²) in [5.41, 5.74) is 2.51. The molecule has 37 heavy (non-hydrogen) atoms. The summed E-state index contributed by atoms with van der Waals surface area (Å²) in [6.07, 6.45) is 5.33. The molecule has 0 aliphatic heterocycles. The van der Waals surface area contributed by atoms with Gasteiger partial charge in [-0.25, -0.2) is 8.42 Å². The maximum atomic E-state index is 13.9. The Kier molecular flexibility index (Phi) is 9.89. The molecule has 2 aromatic rings. The Labute approximate surface area is 230 Å². The highest BCUT2D eigenvalue weighted by atomic mass is 35.5. The van der Waals surface area contributed by atoms with E-state index in [1.807, 2.05) is 26.0 Å². The Hall–Kier alpha value is -2.29. The maximum Gasteiger partial charge on any atom is 0.244 e. The van der Waals surface area contributed by atoms with E-state index in [0.29, 0.717) is 27.7 Å². The average molecular weight is 569 g/mol. The van der Waals surface area contributed by atoms with Gasteiger partial charge in [-0.1, -0.05) is 61.2 Å². The van der Waals surface area contributed by atoms with Crippen molar-refractivity contribution in [1.82, 2.24) is 10.2 Å². The number of hydrogen-bond donors (Lipinski definition) is 1. The first kappa shape index (κ1) is 29.3. The Morgan fingerprint density at radius 3 is 2.27 bits per heavy atom. The fourth-order valence-electron chi connectivity index (χ4n) is 4.72. The summed E-state index contributed by atoms with van der Waals surface area (Å²) in [7, 11) is -3.81. The third-order valence-electron chi connectivity index (χ3n) is 6.79. The van der Waals surface area contributed by atoms with Gasteiger partial charge in [0.2, 0.25) is 21.8 Å². The first-order chi connectivity index (χ1) is 17.4. The molecule has 0 spiro atoms. The molecule has 202 valence electrons. The first-order valence-corrected chi connectivity index (χ1v) is 15.1. The lowest BCUT2D eigenvalue weighted by Crippen LogP contribution is -2.53. The third-order valence-corrected chi connectivity index (χ3v) is 8.62. The van der Waals surface area contributed by atoms with Crippen molar-refractivity contribution in [3.8, 4) is 0 Å². The van der Waals surface area contributed by atoms with Crippen LogP contribution in [0.1, 0.15) is 55.7 Å². The molecule has 0 heterocycles. The van der Waals surface area contributed by atoms with Crippen LogP contribution in [0.3, 0.4) is 0 Å². The number of carbonyl (C=O) groups is 2. The SMILES string of the molecule is CC[C@@H](C(=O)NC1CCCC1)N(Cc1c(Cl)cccc1Cl)C(=O)CN(c1cc(C)ccc1C)S(C)(=O)=O. The van der Waals surface area contributed by atoms with Crippen LogP contribution in [0.4, 0.5) is 5.69 Å². The number of halogens is 2. The third kappa shape index (κ3) is 7.39. The van der Waals surface area contributed by atoms with Crippen LogP contribution in [0.5, 0.6) is 0 Å². The van der Waals surface area contributed by atoms with E-state index in [0.717, 1.165) is 47.4 Å². The minimum Gasteiger partial charge on any atom is -0.352 e. The number of rotatable bonds is 10. The van der Waals surface area contributed by atoms with E-state index in [2.05, 4.69) is 5.32 Å². The number of benzene rings is 2. The van der Waals surface area contributed by atoms with E-state index in [1.54, 1.807) is 31.2 Å². The zero-order valence-electron chi connectivity index (χ0n) is 21.8. The van der Waals surface area contributed by atoms with E-state index in [-0.39, 0.29) is 18.5 Å². The smallest absolute Gasteiger partial charge is 0.244 e. The summed E-state index contributed by atoms with van der Waals surface area (Å²) in [4.78, 5) is 28.7. The van der Waals surface area contributed by atoms with Gasteiger partial charge in [-0.3, -0.25) is 13.9 Å². The minimum absolute atomic E-state index is 0.0294. The molecular weight excluding hydrogens is 533 g/mol. The molecule has 10 heteroatoms. The van der Waals surface area contributed by atoms with Crippen molar-refractivity contribution in [1.29, 1.82) is 0 Å². The van der Waals surface area contributed by atoms with Crippen LogP contribution in [-0.2, 0) is 26.2 Å². The van der Waals surface area contributed by atoms with Gasteiger partial charge in [0.1, 0.15) is 12.6 Å². The van der Waals surface area contributed by atoms with Gasteiger partial charge in [0, 0.05) is 28.2 Å². The average Bonchev–Trinajstić information content (AvgIpc) is 3.33.